The molecule has 1 aliphatic heterocycles. The largest absolute Gasteiger partial charge is 0.468 e. The zero-order valence-corrected chi connectivity index (χ0v) is 20.9. The van der Waals surface area contributed by atoms with Gasteiger partial charge in [-0.05, 0) is 50.5 Å². The van der Waals surface area contributed by atoms with Crippen molar-refractivity contribution in [2.45, 2.75) is 70.8 Å². The van der Waals surface area contributed by atoms with Crippen LogP contribution in [0.2, 0.25) is 0 Å². The van der Waals surface area contributed by atoms with Gasteiger partial charge in [0.05, 0.1) is 17.6 Å². The Hall–Kier alpha value is -3.49. The first-order chi connectivity index (χ1) is 17.2. The summed E-state index contributed by atoms with van der Waals surface area (Å²) in [6.07, 6.45) is 5.91. The number of carbonyl (C=O) groups excluding carboxylic acids is 3. The van der Waals surface area contributed by atoms with Crippen LogP contribution in [0.15, 0.2) is 46.8 Å². The molecule has 0 spiro atoms. The van der Waals surface area contributed by atoms with E-state index in [2.05, 4.69) is 5.32 Å². The van der Waals surface area contributed by atoms with Gasteiger partial charge in [0.15, 0.2) is 5.78 Å². The highest BCUT2D eigenvalue weighted by Crippen LogP contribution is 2.46. The number of nitrogens with one attached hydrogen (secondary N) is 1. The number of rotatable bonds is 5. The Bertz CT molecular complexity index is 1140. The summed E-state index contributed by atoms with van der Waals surface area (Å²) in [5.74, 6) is -3.84. The van der Waals surface area contributed by atoms with E-state index in [0.29, 0.717) is 23.4 Å². The van der Waals surface area contributed by atoms with Crippen molar-refractivity contribution in [2.24, 2.45) is 11.8 Å². The number of ether oxygens (including phenoxy) is 2. The maximum absolute atomic E-state index is 13.8. The highest BCUT2D eigenvalue weighted by atomic mass is 16.6. The van der Waals surface area contributed by atoms with Crippen LogP contribution in [0.25, 0.3) is 0 Å². The third-order valence-electron chi connectivity index (χ3n) is 7.45. The summed E-state index contributed by atoms with van der Waals surface area (Å²) in [5, 5.41) is 14.8. The molecule has 2 aliphatic carbocycles. The molecule has 9 heteroatoms. The summed E-state index contributed by atoms with van der Waals surface area (Å²) in [7, 11) is 1.24. The Morgan fingerprint density at radius 3 is 2.47 bits per heavy atom. The van der Waals surface area contributed by atoms with Crippen LogP contribution < -0.4 is 5.32 Å². The quantitative estimate of drug-likeness (QED) is 0.208. The highest BCUT2D eigenvalue weighted by Gasteiger charge is 2.47. The van der Waals surface area contributed by atoms with Gasteiger partial charge in [-0.15, -0.1) is 0 Å². The predicted molar refractivity (Wildman–Crippen MR) is 131 cm³/mol. The van der Waals surface area contributed by atoms with Crippen molar-refractivity contribution < 1.29 is 28.8 Å². The number of Topliss-reactive ketones (excluding diaryl/α,β-unsaturated/α-hetero) is 1. The summed E-state index contributed by atoms with van der Waals surface area (Å²) in [6, 6.07) is 5.94. The lowest BCUT2D eigenvalue weighted by molar-refractivity contribution is -0.384. The molecule has 3 atom stereocenters. The van der Waals surface area contributed by atoms with E-state index in [0.717, 1.165) is 38.5 Å². The summed E-state index contributed by atoms with van der Waals surface area (Å²) >= 11 is 0. The van der Waals surface area contributed by atoms with Gasteiger partial charge < -0.3 is 14.8 Å². The minimum absolute atomic E-state index is 0.150. The Morgan fingerprint density at radius 1 is 1.14 bits per heavy atom. The third kappa shape index (κ3) is 4.92. The predicted octanol–water partition coefficient (Wildman–Crippen LogP) is 4.47. The van der Waals surface area contributed by atoms with Crippen LogP contribution in [-0.4, -0.2) is 35.9 Å². The van der Waals surface area contributed by atoms with E-state index in [1.165, 1.54) is 25.3 Å². The van der Waals surface area contributed by atoms with Gasteiger partial charge in [-0.25, -0.2) is 4.79 Å². The van der Waals surface area contributed by atoms with Crippen molar-refractivity contribution in [3.63, 3.8) is 0 Å². The molecule has 9 nitrogen and oxygen atoms in total. The number of dihydropyridines is 1. The van der Waals surface area contributed by atoms with Crippen LogP contribution in [0.4, 0.5) is 5.69 Å². The molecule has 1 heterocycles. The number of benzene rings is 1. The minimum Gasteiger partial charge on any atom is -0.468 e. The van der Waals surface area contributed by atoms with Gasteiger partial charge in [-0.2, -0.15) is 0 Å². The standard InChI is InChI=1S/C27H32N2O7/c1-15-13-20-24(25(30)21(15)26(31)35-3)23(17-9-8-10-18(14-17)29(33)34)22(16(2)28-20)27(32)36-19-11-6-4-5-7-12-19/h8-10,14-15,19,21,23,28H,4-7,11-13H2,1-3H3/t15-,21+,23+/m1/s1. The fourth-order valence-corrected chi connectivity index (χ4v) is 5.68. The fourth-order valence-electron chi connectivity index (χ4n) is 5.68. The first kappa shape index (κ1) is 25.6. The molecule has 1 aromatic rings. The van der Waals surface area contributed by atoms with Crippen molar-refractivity contribution in [1.29, 1.82) is 0 Å². The van der Waals surface area contributed by atoms with Gasteiger partial charge in [-0.3, -0.25) is 19.7 Å². The van der Waals surface area contributed by atoms with E-state index >= 15 is 0 Å². The minimum atomic E-state index is -1.02. The van der Waals surface area contributed by atoms with Crippen LogP contribution in [0.5, 0.6) is 0 Å². The Morgan fingerprint density at radius 2 is 1.83 bits per heavy atom. The molecule has 0 radical (unpaired) electrons. The number of nitrogens with zero attached hydrogens (tertiary/aromatic N) is 1. The fraction of sp³-hybridized carbons (Fsp3) is 0.519. The number of hydrogen-bond donors (Lipinski definition) is 1. The lowest BCUT2D eigenvalue weighted by atomic mass is 9.69. The van der Waals surface area contributed by atoms with Crippen molar-refractivity contribution >= 4 is 23.4 Å². The maximum atomic E-state index is 13.8. The molecule has 36 heavy (non-hydrogen) atoms. The highest BCUT2D eigenvalue weighted by molar-refractivity contribution is 6.12. The second-order valence-corrected chi connectivity index (χ2v) is 9.91. The second-order valence-electron chi connectivity index (χ2n) is 9.91. The van der Waals surface area contributed by atoms with Gasteiger partial charge in [0.25, 0.3) is 5.69 Å². The smallest absolute Gasteiger partial charge is 0.337 e. The van der Waals surface area contributed by atoms with Gasteiger partial charge >= 0.3 is 11.9 Å². The molecular weight excluding hydrogens is 464 g/mol. The molecule has 0 aromatic heterocycles. The number of carbonyl (C=O) groups is 3. The zero-order valence-electron chi connectivity index (χ0n) is 20.9. The molecule has 0 saturated heterocycles. The van der Waals surface area contributed by atoms with Crippen LogP contribution in [0.3, 0.4) is 0 Å². The number of hydrogen-bond acceptors (Lipinski definition) is 8. The van der Waals surface area contributed by atoms with Crippen LogP contribution in [0.1, 0.15) is 70.3 Å². The van der Waals surface area contributed by atoms with Crippen molar-refractivity contribution in [3.05, 3.63) is 62.5 Å². The SMILES string of the molecule is COC(=O)[C@@H]1C(=O)C2=C(C[C@H]1C)NC(C)=C(C(=O)OC1CCCCCC1)[C@@H]2c1cccc([N+](=O)[O-])c1. The summed E-state index contributed by atoms with van der Waals surface area (Å²) in [6.45, 7) is 3.56. The number of esters is 2. The average molecular weight is 497 g/mol. The zero-order chi connectivity index (χ0) is 26.0. The van der Waals surface area contributed by atoms with Crippen LogP contribution in [0, 0.1) is 22.0 Å². The molecule has 0 amide bonds. The van der Waals surface area contributed by atoms with E-state index in [9.17, 15) is 24.5 Å². The molecule has 1 saturated carbocycles. The van der Waals surface area contributed by atoms with Crippen molar-refractivity contribution in [2.75, 3.05) is 7.11 Å². The van der Waals surface area contributed by atoms with E-state index in [4.69, 9.17) is 9.47 Å². The topological polar surface area (TPSA) is 125 Å². The van der Waals surface area contributed by atoms with E-state index in [1.807, 2.05) is 6.92 Å². The molecular formula is C27H32N2O7. The van der Waals surface area contributed by atoms with Gasteiger partial charge in [0.2, 0.25) is 0 Å². The number of allylic oxidation sites excluding steroid dienone is 3. The molecule has 4 rings (SSSR count). The first-order valence-corrected chi connectivity index (χ1v) is 12.5. The third-order valence-corrected chi connectivity index (χ3v) is 7.45. The van der Waals surface area contributed by atoms with E-state index < -0.39 is 34.5 Å². The number of nitro benzene ring substituents is 1. The summed E-state index contributed by atoms with van der Waals surface area (Å²) in [4.78, 5) is 51.0. The molecule has 1 N–H and O–H groups in total. The lowest BCUT2D eigenvalue weighted by Crippen LogP contribution is -2.43. The van der Waals surface area contributed by atoms with Gasteiger partial charge in [0.1, 0.15) is 12.0 Å². The molecule has 0 bridgehead atoms. The Balaban J connectivity index is 1.80. The molecule has 3 aliphatic rings. The van der Waals surface area contributed by atoms with Crippen molar-refractivity contribution in [1.82, 2.24) is 5.32 Å². The normalized spacial score (nSPS) is 25.0. The van der Waals surface area contributed by atoms with Gasteiger partial charge in [-0.1, -0.05) is 31.9 Å². The lowest BCUT2D eigenvalue weighted by Gasteiger charge is -2.38. The average Bonchev–Trinajstić information content (AvgIpc) is 3.11. The number of nitro groups is 1. The van der Waals surface area contributed by atoms with Gasteiger partial charge in [0, 0.05) is 35.0 Å². The molecule has 1 aromatic carbocycles. The monoisotopic (exact) mass is 496 g/mol. The van der Waals surface area contributed by atoms with Crippen molar-refractivity contribution in [3.8, 4) is 0 Å². The second kappa shape index (κ2) is 10.6. The Kier molecular flexibility index (Phi) is 7.56. The maximum Gasteiger partial charge on any atom is 0.337 e. The molecule has 0 unspecified atom stereocenters. The molecule has 1 fully saturated rings. The summed E-state index contributed by atoms with van der Waals surface area (Å²) < 4.78 is 10.9. The first-order valence-electron chi connectivity index (χ1n) is 12.5. The molecule has 192 valence electrons. The van der Waals surface area contributed by atoms with Crippen LogP contribution in [-0.2, 0) is 23.9 Å². The summed E-state index contributed by atoms with van der Waals surface area (Å²) in [5.41, 5.74) is 1.95. The number of methoxy groups -OCH3 is 1. The van der Waals surface area contributed by atoms with E-state index in [-0.39, 0.29) is 28.9 Å². The Labute approximate surface area is 210 Å². The number of ketones is 1. The van der Waals surface area contributed by atoms with E-state index in [1.54, 1.807) is 13.0 Å². The van der Waals surface area contributed by atoms with Crippen LogP contribution >= 0.6 is 0 Å². The number of non-ortho nitro benzene ring substituents is 1.